The molecule has 1 N–H and O–H groups in total. The summed E-state index contributed by atoms with van der Waals surface area (Å²) in [6.45, 7) is 0.381. The number of carbonyl (C=O) groups is 1. The van der Waals surface area contributed by atoms with Crippen molar-refractivity contribution < 1.29 is 9.53 Å². The van der Waals surface area contributed by atoms with E-state index in [0.29, 0.717) is 17.1 Å². The Morgan fingerprint density at radius 2 is 2.05 bits per heavy atom. The second-order valence-electron chi connectivity index (χ2n) is 4.12. The molecule has 5 heteroatoms. The molecule has 0 bridgehead atoms. The van der Waals surface area contributed by atoms with Crippen LogP contribution in [0.1, 0.15) is 15.9 Å². The molecule has 0 saturated heterocycles. The molecule has 0 aromatic heterocycles. The number of carbonyl (C=O) groups excluding carboxylic acids is 1. The zero-order chi connectivity index (χ0) is 14.5. The van der Waals surface area contributed by atoms with Gasteiger partial charge >= 0.3 is 0 Å². The van der Waals surface area contributed by atoms with E-state index in [1.54, 1.807) is 25.3 Å². The molecule has 0 aliphatic heterocycles. The van der Waals surface area contributed by atoms with Crippen molar-refractivity contribution in [2.75, 3.05) is 7.11 Å². The van der Waals surface area contributed by atoms with Crippen molar-refractivity contribution in [1.29, 1.82) is 0 Å². The largest absolute Gasteiger partial charge is 0.496 e. The van der Waals surface area contributed by atoms with Crippen molar-refractivity contribution in [2.45, 2.75) is 6.54 Å². The van der Waals surface area contributed by atoms with Crippen molar-refractivity contribution in [1.82, 2.24) is 5.32 Å². The van der Waals surface area contributed by atoms with Crippen LogP contribution in [0.15, 0.2) is 46.9 Å². The summed E-state index contributed by atoms with van der Waals surface area (Å²) in [7, 11) is 1.60. The fourth-order valence-corrected chi connectivity index (χ4v) is 2.36. The zero-order valence-electron chi connectivity index (χ0n) is 10.8. The summed E-state index contributed by atoms with van der Waals surface area (Å²) in [5.74, 6) is 0.523. The number of benzene rings is 2. The molecule has 1 amide bonds. The van der Waals surface area contributed by atoms with Gasteiger partial charge in [-0.15, -0.1) is 0 Å². The molecule has 0 heterocycles. The van der Waals surface area contributed by atoms with Crippen molar-refractivity contribution >= 4 is 33.4 Å². The number of rotatable bonds is 4. The van der Waals surface area contributed by atoms with E-state index >= 15 is 0 Å². The summed E-state index contributed by atoms with van der Waals surface area (Å²) in [5, 5.41) is 3.26. The molecule has 0 aliphatic carbocycles. The highest BCUT2D eigenvalue weighted by molar-refractivity contribution is 9.10. The third-order valence-corrected chi connectivity index (χ3v) is 3.63. The third kappa shape index (κ3) is 3.52. The van der Waals surface area contributed by atoms with Crippen LogP contribution in [0.4, 0.5) is 0 Å². The highest BCUT2D eigenvalue weighted by Gasteiger charge is 2.11. The van der Waals surface area contributed by atoms with E-state index in [2.05, 4.69) is 21.2 Å². The van der Waals surface area contributed by atoms with E-state index in [1.165, 1.54) is 0 Å². The summed E-state index contributed by atoms with van der Waals surface area (Å²) in [6.07, 6.45) is 0. The van der Waals surface area contributed by atoms with Gasteiger partial charge in [-0.05, 0) is 24.3 Å². The van der Waals surface area contributed by atoms with Crippen LogP contribution in [0.2, 0.25) is 5.02 Å². The number of nitrogens with one attached hydrogen (secondary N) is 1. The van der Waals surface area contributed by atoms with Crippen molar-refractivity contribution in [3.63, 3.8) is 0 Å². The normalized spacial score (nSPS) is 10.2. The quantitative estimate of drug-likeness (QED) is 0.900. The van der Waals surface area contributed by atoms with Crippen LogP contribution in [0.25, 0.3) is 0 Å². The van der Waals surface area contributed by atoms with E-state index in [4.69, 9.17) is 16.3 Å². The number of para-hydroxylation sites is 1. The average molecular weight is 355 g/mol. The lowest BCUT2D eigenvalue weighted by atomic mass is 10.1. The Morgan fingerprint density at radius 1 is 1.30 bits per heavy atom. The van der Waals surface area contributed by atoms with Gasteiger partial charge in [0.25, 0.3) is 5.91 Å². The minimum Gasteiger partial charge on any atom is -0.496 e. The zero-order valence-corrected chi connectivity index (χ0v) is 13.2. The first-order valence-electron chi connectivity index (χ1n) is 5.97. The van der Waals surface area contributed by atoms with E-state index in [-0.39, 0.29) is 5.91 Å². The molecule has 2 rings (SSSR count). The topological polar surface area (TPSA) is 38.3 Å². The van der Waals surface area contributed by atoms with Crippen LogP contribution in [0, 0.1) is 0 Å². The second-order valence-corrected chi connectivity index (χ2v) is 5.44. The van der Waals surface area contributed by atoms with Gasteiger partial charge < -0.3 is 10.1 Å². The predicted molar refractivity (Wildman–Crippen MR) is 83.3 cm³/mol. The van der Waals surface area contributed by atoms with E-state index in [9.17, 15) is 4.79 Å². The fourth-order valence-electron chi connectivity index (χ4n) is 1.79. The number of halogens is 2. The average Bonchev–Trinajstić information content (AvgIpc) is 2.47. The molecule has 0 spiro atoms. The molecular formula is C15H13BrClNO2. The molecule has 0 atom stereocenters. The first-order chi connectivity index (χ1) is 9.61. The number of amides is 1. The van der Waals surface area contributed by atoms with Crippen LogP contribution in [0.5, 0.6) is 5.75 Å². The van der Waals surface area contributed by atoms with Crippen molar-refractivity contribution in [2.24, 2.45) is 0 Å². The molecule has 104 valence electrons. The number of methoxy groups -OCH3 is 1. The Bertz CT molecular complexity index is 631. The van der Waals surface area contributed by atoms with Crippen LogP contribution in [-0.2, 0) is 6.54 Å². The summed E-state index contributed by atoms with van der Waals surface area (Å²) in [5.41, 5.74) is 1.35. The lowest BCUT2D eigenvalue weighted by molar-refractivity contribution is 0.0951. The molecule has 20 heavy (non-hydrogen) atoms. The van der Waals surface area contributed by atoms with Crippen LogP contribution in [-0.4, -0.2) is 13.0 Å². The maximum absolute atomic E-state index is 12.1. The van der Waals surface area contributed by atoms with Crippen molar-refractivity contribution in [3.05, 3.63) is 63.1 Å². The fraction of sp³-hybridized carbons (Fsp3) is 0.133. The van der Waals surface area contributed by atoms with Gasteiger partial charge in [-0.1, -0.05) is 45.7 Å². The molecule has 0 unspecified atom stereocenters. The Hall–Kier alpha value is -1.52. The highest BCUT2D eigenvalue weighted by atomic mass is 79.9. The number of hydrogen-bond acceptors (Lipinski definition) is 2. The lowest BCUT2D eigenvalue weighted by Crippen LogP contribution is -2.23. The summed E-state index contributed by atoms with van der Waals surface area (Å²) in [4.78, 5) is 12.1. The molecule has 0 aliphatic rings. The first-order valence-corrected chi connectivity index (χ1v) is 7.14. The van der Waals surface area contributed by atoms with E-state index in [0.717, 1.165) is 15.8 Å². The second kappa shape index (κ2) is 6.77. The maximum Gasteiger partial charge on any atom is 0.253 e. The molecular weight excluding hydrogens is 342 g/mol. The van der Waals surface area contributed by atoms with Gasteiger partial charge in [-0.2, -0.15) is 0 Å². The molecule has 2 aromatic carbocycles. The minimum atomic E-state index is -0.220. The number of ether oxygens (including phenoxy) is 1. The predicted octanol–water partition coefficient (Wildman–Crippen LogP) is 4.04. The summed E-state index contributed by atoms with van der Waals surface area (Å²) >= 11 is 9.35. The molecule has 0 fully saturated rings. The van der Waals surface area contributed by atoms with Gasteiger partial charge in [0.05, 0.1) is 17.7 Å². The van der Waals surface area contributed by atoms with Crippen LogP contribution in [0.3, 0.4) is 0 Å². The molecule has 0 radical (unpaired) electrons. The first kappa shape index (κ1) is 14.9. The Morgan fingerprint density at radius 3 is 2.80 bits per heavy atom. The Labute approximate surface area is 131 Å². The third-order valence-electron chi connectivity index (χ3n) is 2.80. The summed E-state index contributed by atoms with van der Waals surface area (Å²) in [6, 6.07) is 12.7. The van der Waals surface area contributed by atoms with Gasteiger partial charge in [-0.25, -0.2) is 0 Å². The van der Waals surface area contributed by atoms with Crippen molar-refractivity contribution in [3.8, 4) is 5.75 Å². The van der Waals surface area contributed by atoms with Gasteiger partial charge in [0.2, 0.25) is 0 Å². The summed E-state index contributed by atoms with van der Waals surface area (Å²) < 4.78 is 6.05. The minimum absolute atomic E-state index is 0.220. The van der Waals surface area contributed by atoms with E-state index in [1.807, 2.05) is 24.3 Å². The monoisotopic (exact) mass is 353 g/mol. The van der Waals surface area contributed by atoms with Crippen LogP contribution < -0.4 is 10.1 Å². The highest BCUT2D eigenvalue weighted by Crippen LogP contribution is 2.21. The molecule has 3 nitrogen and oxygen atoms in total. The molecule has 0 saturated carbocycles. The Balaban J connectivity index is 2.11. The van der Waals surface area contributed by atoms with Gasteiger partial charge in [0.1, 0.15) is 5.75 Å². The van der Waals surface area contributed by atoms with Crippen LogP contribution >= 0.6 is 27.5 Å². The maximum atomic E-state index is 12.1. The standard InChI is InChI=1S/C15H13BrClNO2/c1-20-14-5-3-2-4-10(14)9-18-15(19)12-8-11(16)6-7-13(12)17/h2-8H,9H2,1H3,(H,18,19). The number of hydrogen-bond donors (Lipinski definition) is 1. The molecule has 2 aromatic rings. The lowest BCUT2D eigenvalue weighted by Gasteiger charge is -2.10. The Kier molecular flexibility index (Phi) is 5.04. The van der Waals surface area contributed by atoms with Gasteiger partial charge in [-0.3, -0.25) is 4.79 Å². The van der Waals surface area contributed by atoms with Gasteiger partial charge in [0.15, 0.2) is 0 Å². The van der Waals surface area contributed by atoms with Gasteiger partial charge in [0, 0.05) is 16.6 Å². The smallest absolute Gasteiger partial charge is 0.253 e. The van der Waals surface area contributed by atoms with E-state index < -0.39 is 0 Å². The SMILES string of the molecule is COc1ccccc1CNC(=O)c1cc(Br)ccc1Cl.